The van der Waals surface area contributed by atoms with Crippen molar-refractivity contribution in [3.05, 3.63) is 174 Å². The summed E-state index contributed by atoms with van der Waals surface area (Å²) in [5, 5.41) is 8.73. The van der Waals surface area contributed by atoms with Gasteiger partial charge in [-0.3, -0.25) is 4.68 Å². The number of likely N-dealkylation sites (tertiary alicyclic amines) is 2. The number of piperidine rings is 1. The Morgan fingerprint density at radius 3 is 2.29 bits per heavy atom. The van der Waals surface area contributed by atoms with Gasteiger partial charge in [-0.2, -0.15) is 17.9 Å². The van der Waals surface area contributed by atoms with Gasteiger partial charge in [0.15, 0.2) is 5.82 Å². The molecule has 2 aliphatic carbocycles. The van der Waals surface area contributed by atoms with Crippen LogP contribution in [0.4, 0.5) is 19.0 Å². The molecule has 1 saturated carbocycles. The van der Waals surface area contributed by atoms with Crippen LogP contribution in [0.1, 0.15) is 117 Å². The van der Waals surface area contributed by atoms with Crippen LogP contribution in [0.3, 0.4) is 0 Å². The Kier molecular flexibility index (Phi) is 17.7. The van der Waals surface area contributed by atoms with Crippen molar-refractivity contribution in [1.82, 2.24) is 24.9 Å². The summed E-state index contributed by atoms with van der Waals surface area (Å²) in [6.45, 7) is 29.0. The quantitative estimate of drug-likeness (QED) is 0.102. The summed E-state index contributed by atoms with van der Waals surface area (Å²) >= 11 is 6.58. The molecule has 1 aromatic heterocycles. The van der Waals surface area contributed by atoms with E-state index in [0.717, 1.165) is 121 Å². The number of nitrogens with two attached hydrogens (primary N) is 1. The molecule has 2 atom stereocenters. The van der Waals surface area contributed by atoms with Gasteiger partial charge in [0.25, 0.3) is 0 Å². The fraction of sp³-hybridized carbons (Fsp3) is 0.417. The first-order valence-corrected chi connectivity index (χ1v) is 25.8. The van der Waals surface area contributed by atoms with E-state index < -0.39 is 11.6 Å². The molecule has 7 nitrogen and oxygen atoms in total. The zero-order valence-corrected chi connectivity index (χ0v) is 46.4. The van der Waals surface area contributed by atoms with E-state index in [1.807, 2.05) is 47.8 Å². The van der Waals surface area contributed by atoms with Crippen LogP contribution in [0, 0.1) is 43.1 Å². The molecule has 72 heavy (non-hydrogen) atoms. The molecule has 2 unspecified atom stereocenters. The minimum atomic E-state index is -0.543. The maximum atomic E-state index is 15.9. The van der Waals surface area contributed by atoms with Crippen molar-refractivity contribution >= 4 is 34.0 Å². The summed E-state index contributed by atoms with van der Waals surface area (Å²) < 4.78 is 48.4. The standard InChI is InChI=1S/C31H42FN6.C28H28ClF2N.CH3.Na/c1-21-10-15-38(23(3)33-21)31-28-16-29(32)27(17-30(28)35(4)34-31)26-11-13-36(14-12-26)18-24-19-37(20-24)22(2)25-8-6-5-7-9-25;1-5-9-18-12-13-21(17(3)32)24(27(18)31)25-23-16(2)28(4,20-10-7-6-8-11-20)15-19(23)14-22(30)26(25)29;;/h5,16-17,24-26,33H,1-3,6-15,18-20H2,4H3;6-8,10-14,16H,3,5,9,15,32H2,1-2,4H3;1H3;/q-1;;-1;+1. The molecule has 12 heteroatoms. The first-order chi connectivity index (χ1) is 33.6. The van der Waals surface area contributed by atoms with Gasteiger partial charge in [0.2, 0.25) is 0 Å². The molecule has 0 bridgehead atoms. The first kappa shape index (κ1) is 55.3. The third kappa shape index (κ3) is 10.7. The molecule has 10 rings (SSSR count). The number of aromatic nitrogens is 2. The Balaban J connectivity index is 0.000000209. The zero-order chi connectivity index (χ0) is 49.6. The summed E-state index contributed by atoms with van der Waals surface area (Å²) in [5.74, 6) is 2.11. The number of rotatable bonds is 11. The van der Waals surface area contributed by atoms with Gasteiger partial charge in [-0.25, -0.2) is 13.2 Å². The maximum Gasteiger partial charge on any atom is 1.00 e. The third-order valence-electron chi connectivity index (χ3n) is 16.4. The van der Waals surface area contributed by atoms with Gasteiger partial charge in [0.05, 0.1) is 10.5 Å². The average molecular weight is 1010 g/mol. The van der Waals surface area contributed by atoms with Crippen LogP contribution in [-0.2, 0) is 25.3 Å². The van der Waals surface area contributed by atoms with E-state index in [1.54, 1.807) is 18.2 Å². The molecule has 0 radical (unpaired) electrons. The molecule has 4 fully saturated rings. The van der Waals surface area contributed by atoms with E-state index in [9.17, 15) is 0 Å². The number of hydrogen-bond donors (Lipinski definition) is 2. The predicted molar refractivity (Wildman–Crippen MR) is 289 cm³/mol. The Morgan fingerprint density at radius 1 is 0.944 bits per heavy atom. The Hall–Kier alpha value is -4.45. The summed E-state index contributed by atoms with van der Waals surface area (Å²) in [7, 11) is 1.94. The number of aryl methyl sites for hydroxylation is 2. The largest absolute Gasteiger partial charge is 1.00 e. The van der Waals surface area contributed by atoms with E-state index in [-0.39, 0.29) is 76.3 Å². The number of fused-ring (bicyclic) bond motifs is 2. The first-order valence-electron chi connectivity index (χ1n) is 25.5. The van der Waals surface area contributed by atoms with Crippen LogP contribution in [0.5, 0.6) is 0 Å². The molecule has 4 heterocycles. The fourth-order valence-corrected chi connectivity index (χ4v) is 12.4. The molecule has 378 valence electrons. The number of nitrogens with zero attached hydrogens (tertiary/aromatic N) is 5. The molecule has 5 aliphatic rings. The van der Waals surface area contributed by atoms with Crippen LogP contribution in [-0.4, -0.2) is 58.8 Å². The molecule has 5 aromatic rings. The van der Waals surface area contributed by atoms with Crippen molar-refractivity contribution in [2.24, 2.45) is 24.6 Å². The fourth-order valence-electron chi connectivity index (χ4n) is 12.2. The normalized spacial score (nSPS) is 20.8. The van der Waals surface area contributed by atoms with Crippen LogP contribution in [0.2, 0.25) is 5.02 Å². The van der Waals surface area contributed by atoms with E-state index in [0.29, 0.717) is 35.4 Å². The number of allylic oxidation sites excluding steroid dienone is 1. The topological polar surface area (TPSA) is 65.6 Å². The predicted octanol–water partition coefficient (Wildman–Crippen LogP) is 10.8. The second kappa shape index (κ2) is 23.0. The van der Waals surface area contributed by atoms with Gasteiger partial charge in [0, 0.05) is 90.1 Å². The molecule has 3 saturated heterocycles. The minimum absolute atomic E-state index is 0. The SMILES string of the molecule is C=C(N)c1ccc(CCC)c(F)c1-c1c(Cl)c(F)cc2c1C(C)C(C)(c1ccccc1)C2.C=C1CCN(c2nn(C)c3cc(C4CCN(CC5CN(C(=C)C6CC[CH-]CC6)C5)CC4)c(F)cc23)C(=C)N1.[CH3-].[Na+]. The second-order valence-electron chi connectivity index (χ2n) is 20.9. The zero-order valence-electron chi connectivity index (χ0n) is 43.6. The van der Waals surface area contributed by atoms with Crippen LogP contribution >= 0.6 is 11.6 Å². The van der Waals surface area contributed by atoms with E-state index in [2.05, 4.69) is 73.8 Å². The van der Waals surface area contributed by atoms with E-state index >= 15 is 13.2 Å². The molecule has 3 N–H and O–H groups in total. The Bertz CT molecular complexity index is 2820. The van der Waals surface area contributed by atoms with Gasteiger partial charge >= 0.3 is 29.6 Å². The maximum absolute atomic E-state index is 15.9. The van der Waals surface area contributed by atoms with Crippen molar-refractivity contribution in [2.45, 2.75) is 102 Å². The van der Waals surface area contributed by atoms with Crippen LogP contribution in [0.15, 0.2) is 104 Å². The van der Waals surface area contributed by atoms with Gasteiger partial charge in [-0.1, -0.05) is 120 Å². The summed E-state index contributed by atoms with van der Waals surface area (Å²) in [6, 6.07) is 18.9. The molecule has 0 amide bonds. The van der Waals surface area contributed by atoms with Crippen molar-refractivity contribution < 1.29 is 42.7 Å². The summed E-state index contributed by atoms with van der Waals surface area (Å²) in [6.07, 6.45) is 12.3. The van der Waals surface area contributed by atoms with E-state index in [4.69, 9.17) is 22.4 Å². The third-order valence-corrected chi connectivity index (χ3v) is 16.7. The van der Waals surface area contributed by atoms with E-state index in [1.165, 1.54) is 37.4 Å². The van der Waals surface area contributed by atoms with Gasteiger partial charge in [-0.05, 0) is 103 Å². The van der Waals surface area contributed by atoms with Gasteiger partial charge in [0.1, 0.15) is 23.3 Å². The van der Waals surface area contributed by atoms with Crippen LogP contribution < -0.4 is 45.5 Å². The Labute approximate surface area is 454 Å². The minimum Gasteiger partial charge on any atom is -0.399 e. The van der Waals surface area contributed by atoms with Crippen LogP contribution in [0.25, 0.3) is 27.7 Å². The average Bonchev–Trinajstić information content (AvgIpc) is 3.79. The number of anilines is 1. The van der Waals surface area contributed by atoms with Crippen molar-refractivity contribution in [1.29, 1.82) is 0 Å². The van der Waals surface area contributed by atoms with Gasteiger partial charge < -0.3 is 39.6 Å². The monoisotopic (exact) mass is 1010 g/mol. The Morgan fingerprint density at radius 2 is 1.64 bits per heavy atom. The summed E-state index contributed by atoms with van der Waals surface area (Å²) in [5.41, 5.74) is 14.8. The second-order valence-corrected chi connectivity index (χ2v) is 21.3. The number of nitrogens with one attached hydrogen (secondary N) is 1. The van der Waals surface area contributed by atoms with Crippen molar-refractivity contribution in [3.63, 3.8) is 0 Å². The number of halogens is 4. The molecule has 3 aliphatic heterocycles. The molecular formula is C60H73ClF3N7Na-. The molecular weight excluding hydrogens is 934 g/mol. The smallest absolute Gasteiger partial charge is 0.399 e. The summed E-state index contributed by atoms with van der Waals surface area (Å²) in [4.78, 5) is 7.14. The van der Waals surface area contributed by atoms with Crippen molar-refractivity contribution in [2.75, 3.05) is 44.2 Å². The van der Waals surface area contributed by atoms with Gasteiger partial charge in [-0.15, -0.1) is 0 Å². The van der Waals surface area contributed by atoms with Crippen molar-refractivity contribution in [3.8, 4) is 11.1 Å². The number of benzene rings is 4. The molecule has 0 spiro atoms. The number of hydrogen-bond acceptors (Lipinski definition) is 6. The molecule has 4 aromatic carbocycles.